The van der Waals surface area contributed by atoms with Crippen molar-refractivity contribution in [2.45, 2.75) is 24.8 Å². The van der Waals surface area contributed by atoms with Crippen molar-refractivity contribution in [2.75, 3.05) is 19.8 Å². The molecule has 0 amide bonds. The Morgan fingerprint density at radius 2 is 2.00 bits per heavy atom. The van der Waals surface area contributed by atoms with Gasteiger partial charge in [-0.2, -0.15) is 0 Å². The number of nitrogens with zero attached hydrogens (tertiary/aromatic N) is 1. The van der Waals surface area contributed by atoms with Gasteiger partial charge in [-0.15, -0.1) is 0 Å². The van der Waals surface area contributed by atoms with Crippen LogP contribution in [0.2, 0.25) is 0 Å². The number of alkyl halides is 1. The molecule has 0 radical (unpaired) electrons. The highest BCUT2D eigenvalue weighted by Gasteiger charge is 2.37. The summed E-state index contributed by atoms with van der Waals surface area (Å²) in [6.07, 6.45) is 5.99. The van der Waals surface area contributed by atoms with Gasteiger partial charge in [-0.25, -0.2) is 4.39 Å². The van der Waals surface area contributed by atoms with Gasteiger partial charge in [0.1, 0.15) is 6.67 Å². The van der Waals surface area contributed by atoms with Crippen LogP contribution >= 0.6 is 22.6 Å². The Bertz CT molecular complexity index is 753. The van der Waals surface area contributed by atoms with Gasteiger partial charge < -0.3 is 0 Å². The summed E-state index contributed by atoms with van der Waals surface area (Å²) in [5.74, 6) is 0.434. The topological polar surface area (TPSA) is 3.24 Å². The molecule has 0 bridgehead atoms. The third kappa shape index (κ3) is 2.93. The minimum Gasteiger partial charge on any atom is -0.295 e. The lowest BCUT2D eigenvalue weighted by Gasteiger charge is -2.38. The van der Waals surface area contributed by atoms with Gasteiger partial charge in [0.05, 0.1) is 0 Å². The zero-order valence-corrected chi connectivity index (χ0v) is 15.7. The van der Waals surface area contributed by atoms with E-state index >= 15 is 0 Å². The maximum Gasteiger partial charge on any atom is 0.108 e. The highest BCUT2D eigenvalue weighted by molar-refractivity contribution is 14.1. The molecule has 0 spiro atoms. The Morgan fingerprint density at radius 3 is 2.79 bits per heavy atom. The van der Waals surface area contributed by atoms with E-state index < -0.39 is 6.67 Å². The minimum absolute atomic E-state index is 0.410. The number of fused-ring (bicyclic) bond motifs is 3. The molecule has 2 aliphatic heterocycles. The fourth-order valence-electron chi connectivity index (χ4n) is 4.22. The zero-order chi connectivity index (χ0) is 16.5. The molecular formula is C21H21FIN. The molecule has 1 nitrogen and oxygen atoms in total. The molecule has 2 atom stereocenters. The average molecular weight is 428 g/mol. The average Bonchev–Trinajstić information content (AvgIpc) is 3.08. The first-order chi connectivity index (χ1) is 11.8. The summed E-state index contributed by atoms with van der Waals surface area (Å²) in [7, 11) is 0. The maximum absolute atomic E-state index is 12.3. The largest absolute Gasteiger partial charge is 0.295 e. The highest BCUT2D eigenvalue weighted by atomic mass is 123. The van der Waals surface area contributed by atoms with Crippen LogP contribution in [0.15, 0.2) is 48.5 Å². The van der Waals surface area contributed by atoms with Gasteiger partial charge in [-0.05, 0) is 70.3 Å². The van der Waals surface area contributed by atoms with Crippen molar-refractivity contribution in [3.05, 3.63) is 74.4 Å². The van der Waals surface area contributed by atoms with Crippen molar-refractivity contribution in [1.82, 2.24) is 4.90 Å². The van der Waals surface area contributed by atoms with Crippen molar-refractivity contribution in [3.8, 4) is 0 Å². The summed E-state index contributed by atoms with van der Waals surface area (Å²) < 4.78 is 13.7. The Balaban J connectivity index is 1.72. The molecule has 1 fully saturated rings. The van der Waals surface area contributed by atoms with Crippen LogP contribution in [0.25, 0.3) is 6.08 Å². The van der Waals surface area contributed by atoms with E-state index in [9.17, 15) is 4.39 Å². The quantitative estimate of drug-likeness (QED) is 0.579. The molecule has 2 aromatic carbocycles. The molecule has 2 aromatic rings. The molecular weight excluding hydrogens is 407 g/mol. The molecule has 0 unspecified atom stereocenters. The Hall–Kier alpha value is -1.20. The number of benzene rings is 2. The number of halogens is 2. The molecule has 0 N–H and O–H groups in total. The SMILES string of the molecule is [18F]C/C=C/c1ccc([C@@H]2CN3CCC[C@@H]3c3c([123I])cccc32)cc1. The second-order valence-electron chi connectivity index (χ2n) is 6.67. The molecule has 0 saturated carbocycles. The Morgan fingerprint density at radius 1 is 1.17 bits per heavy atom. The first kappa shape index (κ1) is 16.3. The van der Waals surface area contributed by atoms with Crippen molar-refractivity contribution >= 4 is 28.7 Å². The molecule has 0 aliphatic carbocycles. The van der Waals surface area contributed by atoms with Gasteiger partial charge in [0.25, 0.3) is 0 Å². The monoisotopic (exact) mass is 428 g/mol. The van der Waals surface area contributed by atoms with Crippen molar-refractivity contribution in [3.63, 3.8) is 0 Å². The fourth-order valence-corrected chi connectivity index (χ4v) is 5.10. The number of rotatable bonds is 3. The third-order valence-electron chi connectivity index (χ3n) is 5.31. The second kappa shape index (κ2) is 6.96. The lowest BCUT2D eigenvalue weighted by molar-refractivity contribution is 0.229. The van der Waals surface area contributed by atoms with Crippen molar-refractivity contribution in [1.29, 1.82) is 0 Å². The van der Waals surface area contributed by atoms with Crippen LogP contribution in [0.1, 0.15) is 47.1 Å². The van der Waals surface area contributed by atoms with Gasteiger partial charge in [-0.3, -0.25) is 4.90 Å². The van der Waals surface area contributed by atoms with Gasteiger partial charge in [0, 0.05) is 22.1 Å². The molecule has 24 heavy (non-hydrogen) atoms. The van der Waals surface area contributed by atoms with Gasteiger partial charge in [-0.1, -0.05) is 48.6 Å². The van der Waals surface area contributed by atoms with E-state index in [1.54, 1.807) is 11.6 Å². The van der Waals surface area contributed by atoms with E-state index in [0.717, 1.165) is 12.1 Å². The van der Waals surface area contributed by atoms with E-state index in [1.165, 1.54) is 34.1 Å². The first-order valence-corrected chi connectivity index (χ1v) is 9.70. The van der Waals surface area contributed by atoms with E-state index in [-0.39, 0.29) is 0 Å². The Kier molecular flexibility index (Phi) is 4.72. The van der Waals surface area contributed by atoms with Crippen LogP contribution < -0.4 is 0 Å². The third-order valence-corrected chi connectivity index (χ3v) is 6.25. The summed E-state index contributed by atoms with van der Waals surface area (Å²) >= 11 is 2.50. The van der Waals surface area contributed by atoms with E-state index in [0.29, 0.717) is 12.0 Å². The van der Waals surface area contributed by atoms with Crippen LogP contribution in [0, 0.1) is 3.57 Å². The summed E-state index contributed by atoms with van der Waals surface area (Å²) in [4.78, 5) is 2.66. The minimum atomic E-state index is -0.410. The Labute approximate surface area is 156 Å². The first-order valence-electron chi connectivity index (χ1n) is 8.63. The molecule has 2 heterocycles. The van der Waals surface area contributed by atoms with Gasteiger partial charge in [0.2, 0.25) is 0 Å². The van der Waals surface area contributed by atoms with Crippen molar-refractivity contribution in [2.24, 2.45) is 0 Å². The van der Waals surface area contributed by atoms with Crippen LogP contribution in [-0.4, -0.2) is 24.7 Å². The summed E-state index contributed by atoms with van der Waals surface area (Å²) in [5, 5.41) is 0. The lowest BCUT2D eigenvalue weighted by atomic mass is 9.81. The summed E-state index contributed by atoms with van der Waals surface area (Å²) in [5.41, 5.74) is 5.47. The van der Waals surface area contributed by atoms with Gasteiger partial charge in [0.15, 0.2) is 0 Å². The molecule has 124 valence electrons. The van der Waals surface area contributed by atoms with E-state index in [4.69, 9.17) is 0 Å². The summed E-state index contributed by atoms with van der Waals surface area (Å²) in [6.45, 7) is 1.91. The molecule has 0 aromatic heterocycles. The van der Waals surface area contributed by atoms with Crippen LogP contribution in [0.5, 0.6) is 0 Å². The normalized spacial score (nSPS) is 23.4. The summed E-state index contributed by atoms with van der Waals surface area (Å²) in [6, 6.07) is 16.0. The van der Waals surface area contributed by atoms with Crippen LogP contribution in [0.4, 0.5) is 4.39 Å². The van der Waals surface area contributed by atoms with E-state index in [2.05, 4.69) is 70.0 Å². The second-order valence-corrected chi connectivity index (χ2v) is 7.83. The zero-order valence-electron chi connectivity index (χ0n) is 13.6. The smallest absolute Gasteiger partial charge is 0.108 e. The fraction of sp³-hybridized carbons (Fsp3) is 0.333. The predicted molar refractivity (Wildman–Crippen MR) is 106 cm³/mol. The van der Waals surface area contributed by atoms with Crippen LogP contribution in [-0.2, 0) is 0 Å². The van der Waals surface area contributed by atoms with Crippen molar-refractivity contribution < 1.29 is 4.39 Å². The predicted octanol–water partition coefficient (Wildman–Crippen LogP) is 5.56. The molecule has 4 rings (SSSR count). The van der Waals surface area contributed by atoms with E-state index in [1.807, 2.05) is 6.08 Å². The number of hydrogen-bond donors (Lipinski definition) is 0. The maximum atomic E-state index is 12.3. The highest BCUT2D eigenvalue weighted by Crippen LogP contribution is 2.45. The standard InChI is InChI=1S/C21H21FIN/c22-12-2-4-15-8-10-16(11-9-15)18-14-24-13-3-7-20(24)21-17(18)5-1-6-19(21)23/h1-2,4-6,8-11,18,20H,3,7,12-14H2/b4-2+/t18-,20+/m0/s1/i22-1,23-4. The lowest BCUT2D eigenvalue weighted by Crippen LogP contribution is -2.35. The number of allylic oxidation sites excluding steroid dienone is 1. The van der Waals surface area contributed by atoms with Gasteiger partial charge >= 0.3 is 0 Å². The van der Waals surface area contributed by atoms with Crippen LogP contribution in [0.3, 0.4) is 0 Å². The molecule has 2 aliphatic rings. The molecule has 1 saturated heterocycles. The molecule has 3 heteroatoms. The number of hydrogen-bond acceptors (Lipinski definition) is 1.